The summed E-state index contributed by atoms with van der Waals surface area (Å²) in [6, 6.07) is 9.56. The number of carbonyl (C=O) groups is 1. The highest BCUT2D eigenvalue weighted by atomic mass is 16.5. The molecule has 4 nitrogen and oxygen atoms in total. The van der Waals surface area contributed by atoms with Crippen LogP contribution in [0.1, 0.15) is 44.1 Å². The van der Waals surface area contributed by atoms with Crippen LogP contribution < -0.4 is 10.1 Å². The van der Waals surface area contributed by atoms with Crippen LogP contribution in [0.3, 0.4) is 0 Å². The highest BCUT2D eigenvalue weighted by Crippen LogP contribution is 2.17. The molecule has 0 heterocycles. The van der Waals surface area contributed by atoms with Crippen molar-refractivity contribution in [2.24, 2.45) is 0 Å². The van der Waals surface area contributed by atoms with Gasteiger partial charge in [-0.3, -0.25) is 4.79 Å². The molecular weight excluding hydrogens is 276 g/mol. The molecule has 4 heteroatoms. The van der Waals surface area contributed by atoms with Gasteiger partial charge in [-0.2, -0.15) is 5.26 Å². The first-order valence-electron chi connectivity index (χ1n) is 7.86. The van der Waals surface area contributed by atoms with Gasteiger partial charge in [-0.05, 0) is 36.6 Å². The van der Waals surface area contributed by atoms with Gasteiger partial charge in [-0.1, -0.05) is 37.8 Å². The van der Waals surface area contributed by atoms with E-state index in [1.165, 1.54) is 25.7 Å². The van der Waals surface area contributed by atoms with Crippen LogP contribution >= 0.6 is 0 Å². The Labute approximate surface area is 131 Å². The number of hydrogen-bond donors (Lipinski definition) is 1. The molecule has 1 aliphatic carbocycles. The third kappa shape index (κ3) is 5.61. The van der Waals surface area contributed by atoms with Gasteiger partial charge in [-0.15, -0.1) is 0 Å². The number of hydrogen-bond acceptors (Lipinski definition) is 3. The molecule has 116 valence electrons. The molecule has 0 spiro atoms. The minimum atomic E-state index is -0.0308. The Morgan fingerprint density at radius 2 is 1.91 bits per heavy atom. The van der Waals surface area contributed by atoms with Crippen LogP contribution in [0, 0.1) is 11.3 Å². The van der Waals surface area contributed by atoms with Crippen molar-refractivity contribution in [3.63, 3.8) is 0 Å². The van der Waals surface area contributed by atoms with E-state index >= 15 is 0 Å². The average Bonchev–Trinajstić information content (AvgIpc) is 2.80. The molecule has 1 N–H and O–H groups in total. The Bertz CT molecular complexity index is 535. The fourth-order valence-electron chi connectivity index (χ4n) is 2.64. The Morgan fingerprint density at radius 1 is 1.23 bits per heavy atom. The van der Waals surface area contributed by atoms with Crippen LogP contribution in [0.2, 0.25) is 0 Å². The van der Waals surface area contributed by atoms with Crippen molar-refractivity contribution in [1.82, 2.24) is 5.32 Å². The summed E-state index contributed by atoms with van der Waals surface area (Å²) in [5, 5.41) is 11.5. The van der Waals surface area contributed by atoms with Crippen molar-refractivity contribution < 1.29 is 9.53 Å². The van der Waals surface area contributed by atoms with Crippen molar-refractivity contribution in [3.05, 3.63) is 35.9 Å². The largest absolute Gasteiger partial charge is 0.479 e. The number of nitrogens with zero attached hydrogens (tertiary/aromatic N) is 1. The van der Waals surface area contributed by atoms with Crippen LogP contribution in [-0.4, -0.2) is 18.6 Å². The first-order valence-corrected chi connectivity index (χ1v) is 7.86. The minimum Gasteiger partial charge on any atom is -0.479 e. The Morgan fingerprint density at radius 3 is 2.55 bits per heavy atom. The maximum absolute atomic E-state index is 11.9. The lowest BCUT2D eigenvalue weighted by molar-refractivity contribution is -0.117. The quantitative estimate of drug-likeness (QED) is 0.669. The molecule has 0 unspecified atom stereocenters. The molecule has 0 aliphatic heterocycles. The maximum Gasteiger partial charge on any atom is 0.244 e. The summed E-state index contributed by atoms with van der Waals surface area (Å²) in [4.78, 5) is 11.9. The summed E-state index contributed by atoms with van der Waals surface area (Å²) in [5.74, 6) is 0.623. The lowest BCUT2D eigenvalue weighted by Crippen LogP contribution is -2.33. The van der Waals surface area contributed by atoms with Crippen molar-refractivity contribution in [3.8, 4) is 11.8 Å². The maximum atomic E-state index is 11.9. The molecular formula is C18H22N2O2. The van der Waals surface area contributed by atoms with Gasteiger partial charge in [0.15, 0.2) is 6.61 Å². The zero-order chi connectivity index (χ0) is 15.6. The van der Waals surface area contributed by atoms with E-state index in [2.05, 4.69) is 5.32 Å². The van der Waals surface area contributed by atoms with E-state index in [4.69, 9.17) is 10.00 Å². The van der Waals surface area contributed by atoms with E-state index < -0.39 is 0 Å². The zero-order valence-corrected chi connectivity index (χ0v) is 12.8. The molecule has 0 saturated heterocycles. The number of benzene rings is 1. The molecule has 1 saturated carbocycles. The van der Waals surface area contributed by atoms with Gasteiger partial charge < -0.3 is 10.1 Å². The Balaban J connectivity index is 1.82. The van der Waals surface area contributed by atoms with E-state index in [0.717, 1.165) is 18.4 Å². The summed E-state index contributed by atoms with van der Waals surface area (Å²) < 4.78 is 5.18. The van der Waals surface area contributed by atoms with E-state index in [9.17, 15) is 4.79 Å². The number of nitriles is 1. The normalized spacial score (nSPS) is 16.0. The molecule has 0 aromatic heterocycles. The number of amides is 1. The van der Waals surface area contributed by atoms with Gasteiger partial charge in [0.05, 0.1) is 0 Å². The molecule has 1 amide bonds. The highest BCUT2D eigenvalue weighted by Gasteiger charge is 2.12. The topological polar surface area (TPSA) is 62.1 Å². The monoisotopic (exact) mass is 298 g/mol. The smallest absolute Gasteiger partial charge is 0.244 e. The summed E-state index contributed by atoms with van der Waals surface area (Å²) >= 11 is 0. The predicted octanol–water partition coefficient (Wildman–Crippen LogP) is 3.44. The second-order valence-electron chi connectivity index (χ2n) is 5.55. The van der Waals surface area contributed by atoms with Crippen LogP contribution in [0.15, 0.2) is 30.3 Å². The van der Waals surface area contributed by atoms with Crippen molar-refractivity contribution in [1.29, 1.82) is 5.26 Å². The van der Waals surface area contributed by atoms with Gasteiger partial charge in [0, 0.05) is 12.1 Å². The van der Waals surface area contributed by atoms with Gasteiger partial charge in [0.25, 0.3) is 0 Å². The Kier molecular flexibility index (Phi) is 6.50. The summed E-state index contributed by atoms with van der Waals surface area (Å²) in [6.45, 7) is 0.0407. The summed E-state index contributed by atoms with van der Waals surface area (Å²) in [7, 11) is 0. The average molecular weight is 298 g/mol. The summed E-state index contributed by atoms with van der Waals surface area (Å²) in [5.41, 5.74) is 0.931. The second-order valence-corrected chi connectivity index (χ2v) is 5.55. The minimum absolute atomic E-state index is 0.0308. The predicted molar refractivity (Wildman–Crippen MR) is 86.2 cm³/mol. The number of nitrogens with one attached hydrogen (secondary N) is 1. The van der Waals surface area contributed by atoms with E-state index in [1.807, 2.05) is 18.2 Å². The molecule has 0 atom stereocenters. The molecule has 1 aromatic rings. The van der Waals surface area contributed by atoms with E-state index in [0.29, 0.717) is 11.8 Å². The number of carbonyl (C=O) groups excluding carboxylic acids is 1. The molecule has 2 rings (SSSR count). The highest BCUT2D eigenvalue weighted by molar-refractivity contribution is 5.91. The lowest BCUT2D eigenvalue weighted by atomic mass is 10.1. The third-order valence-electron chi connectivity index (χ3n) is 3.81. The molecule has 22 heavy (non-hydrogen) atoms. The van der Waals surface area contributed by atoms with Crippen LogP contribution in [0.5, 0.6) is 5.75 Å². The van der Waals surface area contributed by atoms with Gasteiger partial charge in [-0.25, -0.2) is 0 Å². The third-order valence-corrected chi connectivity index (χ3v) is 3.81. The van der Waals surface area contributed by atoms with Crippen molar-refractivity contribution >= 4 is 12.0 Å². The van der Waals surface area contributed by atoms with E-state index in [-0.39, 0.29) is 12.5 Å². The van der Waals surface area contributed by atoms with Crippen LogP contribution in [0.4, 0.5) is 0 Å². The zero-order valence-electron chi connectivity index (χ0n) is 12.8. The fourth-order valence-corrected chi connectivity index (χ4v) is 2.64. The molecule has 0 radical (unpaired) electrons. The molecule has 0 bridgehead atoms. The first-order chi connectivity index (χ1) is 10.8. The fraction of sp³-hybridized carbons (Fsp3) is 0.444. The number of rotatable bonds is 5. The van der Waals surface area contributed by atoms with E-state index in [1.54, 1.807) is 24.3 Å². The number of ether oxygens (including phenoxy) is 1. The van der Waals surface area contributed by atoms with Gasteiger partial charge >= 0.3 is 0 Å². The van der Waals surface area contributed by atoms with Crippen molar-refractivity contribution in [2.45, 2.75) is 44.6 Å². The second kappa shape index (κ2) is 8.89. The standard InChI is InChI=1S/C18H22N2O2/c19-13-14-22-17-10-7-15(8-11-17)9-12-18(21)20-16-5-3-1-2-4-6-16/h7-12,16H,1-6,14H2,(H,20,21)/b12-9+. The van der Waals surface area contributed by atoms with Crippen LogP contribution in [-0.2, 0) is 4.79 Å². The molecule has 1 aliphatic rings. The molecule has 1 aromatic carbocycles. The van der Waals surface area contributed by atoms with Crippen molar-refractivity contribution in [2.75, 3.05) is 6.61 Å². The van der Waals surface area contributed by atoms with Gasteiger partial charge in [0.1, 0.15) is 11.8 Å². The van der Waals surface area contributed by atoms with Crippen LogP contribution in [0.25, 0.3) is 6.08 Å². The van der Waals surface area contributed by atoms with Gasteiger partial charge in [0.2, 0.25) is 5.91 Å². The first kappa shape index (κ1) is 16.1. The lowest BCUT2D eigenvalue weighted by Gasteiger charge is -2.14. The summed E-state index contributed by atoms with van der Waals surface area (Å²) in [6.07, 6.45) is 10.5. The SMILES string of the molecule is N#CCOc1ccc(/C=C/C(=O)NC2CCCCCC2)cc1. The Hall–Kier alpha value is -2.28. The molecule has 1 fully saturated rings.